The highest BCUT2D eigenvalue weighted by Gasteiger charge is 2.05. The number of aromatic amines is 2. The zero-order valence-corrected chi connectivity index (χ0v) is 11.6. The number of nitrogens with two attached hydrogens (primary N) is 1. The van der Waals surface area contributed by atoms with E-state index in [1.54, 1.807) is 12.1 Å². The van der Waals surface area contributed by atoms with E-state index in [-0.39, 0.29) is 29.1 Å². The number of H-pyrrole nitrogens is 2. The van der Waals surface area contributed by atoms with Crippen LogP contribution in [0.15, 0.2) is 26.3 Å². The Morgan fingerprint density at radius 2 is 2.24 bits per heavy atom. The van der Waals surface area contributed by atoms with Gasteiger partial charge in [0.2, 0.25) is 0 Å². The predicted octanol–water partition coefficient (Wildman–Crippen LogP) is 1.38. The van der Waals surface area contributed by atoms with Gasteiger partial charge in [0.1, 0.15) is 17.3 Å². The smallest absolute Gasteiger partial charge is 0.303 e. The molecule has 21 heavy (non-hydrogen) atoms. The van der Waals surface area contributed by atoms with Crippen molar-refractivity contribution in [1.82, 2.24) is 9.97 Å². The van der Waals surface area contributed by atoms with Crippen LogP contribution in [0.3, 0.4) is 0 Å². The molecule has 110 valence electrons. The molecule has 5 N–H and O–H groups in total. The summed E-state index contributed by atoms with van der Waals surface area (Å²) in [6.45, 7) is 0. The monoisotopic (exact) mass is 308 g/mol. The molecule has 0 bridgehead atoms. The topological polar surface area (TPSA) is 137 Å². The zero-order chi connectivity index (χ0) is 15.4. The maximum Gasteiger partial charge on any atom is 0.303 e. The number of carbonyl (C=O) groups is 1. The Morgan fingerprint density at radius 1 is 1.48 bits per heavy atom. The second kappa shape index (κ2) is 6.18. The largest absolute Gasteiger partial charge is 0.481 e. The van der Waals surface area contributed by atoms with Crippen LogP contribution in [0.5, 0.6) is 0 Å². The van der Waals surface area contributed by atoms with E-state index in [2.05, 4.69) is 15.0 Å². The van der Waals surface area contributed by atoms with Crippen molar-refractivity contribution in [1.29, 1.82) is 0 Å². The number of hydrogen-bond acceptors (Lipinski definition) is 6. The van der Waals surface area contributed by atoms with Crippen LogP contribution in [0.1, 0.15) is 17.9 Å². The van der Waals surface area contributed by atoms with Crippen LogP contribution < -0.4 is 11.3 Å². The summed E-state index contributed by atoms with van der Waals surface area (Å²) in [7, 11) is 0. The molecule has 0 fully saturated rings. The van der Waals surface area contributed by atoms with Gasteiger partial charge in [-0.2, -0.15) is 0 Å². The fourth-order valence-corrected chi connectivity index (χ4v) is 1.78. The first-order valence-corrected chi connectivity index (χ1v) is 6.33. The number of carboxylic acids is 1. The van der Waals surface area contributed by atoms with Crippen LogP contribution >= 0.6 is 12.2 Å². The van der Waals surface area contributed by atoms with Gasteiger partial charge in [-0.3, -0.25) is 14.6 Å². The van der Waals surface area contributed by atoms with Crippen molar-refractivity contribution in [3.63, 3.8) is 0 Å². The molecule has 2 heterocycles. The van der Waals surface area contributed by atoms with Gasteiger partial charge in [0.25, 0.3) is 5.56 Å². The van der Waals surface area contributed by atoms with Crippen LogP contribution in [-0.2, 0) is 11.2 Å². The van der Waals surface area contributed by atoms with Gasteiger partial charge in [-0.25, -0.2) is 4.99 Å². The van der Waals surface area contributed by atoms with Crippen molar-refractivity contribution in [2.75, 3.05) is 5.73 Å². The minimum absolute atomic E-state index is 0.00733. The molecule has 0 aliphatic carbocycles. The quantitative estimate of drug-likeness (QED) is 0.486. The molecule has 2 aromatic heterocycles. The lowest BCUT2D eigenvalue weighted by atomic mass is 10.2. The van der Waals surface area contributed by atoms with Gasteiger partial charge in [0.15, 0.2) is 10.5 Å². The minimum Gasteiger partial charge on any atom is -0.481 e. The molecular weight excluding hydrogens is 296 g/mol. The van der Waals surface area contributed by atoms with E-state index >= 15 is 0 Å². The highest BCUT2D eigenvalue weighted by Crippen LogP contribution is 2.13. The van der Waals surface area contributed by atoms with E-state index < -0.39 is 11.5 Å². The molecule has 0 atom stereocenters. The Kier molecular flexibility index (Phi) is 4.33. The number of aliphatic carboxylic acids is 1. The summed E-state index contributed by atoms with van der Waals surface area (Å²) in [6, 6.07) is 3.27. The summed E-state index contributed by atoms with van der Waals surface area (Å²) in [5.74, 6) is 0.0583. The molecule has 0 radical (unpaired) electrons. The molecular formula is C12H12N4O4S. The van der Waals surface area contributed by atoms with Crippen LogP contribution in [0, 0.1) is 4.77 Å². The second-order valence-electron chi connectivity index (χ2n) is 4.13. The highest BCUT2D eigenvalue weighted by atomic mass is 32.1. The van der Waals surface area contributed by atoms with E-state index in [9.17, 15) is 9.59 Å². The normalized spacial score (nSPS) is 11.0. The number of nitrogen functional groups attached to an aromatic ring is 1. The number of nitrogens with one attached hydrogen (secondary N) is 2. The number of aryl methyl sites for hydroxylation is 1. The molecule has 0 saturated carbocycles. The predicted molar refractivity (Wildman–Crippen MR) is 78.6 cm³/mol. The van der Waals surface area contributed by atoms with E-state index in [4.69, 9.17) is 27.5 Å². The number of aliphatic imine (C=N–C) groups is 1. The third kappa shape index (κ3) is 3.89. The van der Waals surface area contributed by atoms with Crippen molar-refractivity contribution in [3.8, 4) is 0 Å². The molecule has 8 nitrogen and oxygen atoms in total. The number of furan rings is 1. The molecule has 0 aromatic carbocycles. The molecule has 0 saturated heterocycles. The Morgan fingerprint density at radius 3 is 2.90 bits per heavy atom. The van der Waals surface area contributed by atoms with Crippen molar-refractivity contribution >= 4 is 35.9 Å². The maximum atomic E-state index is 11.6. The van der Waals surface area contributed by atoms with Crippen LogP contribution in [0.4, 0.5) is 11.5 Å². The lowest BCUT2D eigenvalue weighted by Gasteiger charge is -1.97. The van der Waals surface area contributed by atoms with Crippen LogP contribution in [0.25, 0.3) is 0 Å². The van der Waals surface area contributed by atoms with Crippen LogP contribution in [-0.4, -0.2) is 27.3 Å². The number of hydrogen-bond donors (Lipinski definition) is 4. The van der Waals surface area contributed by atoms with E-state index in [0.29, 0.717) is 11.5 Å². The summed E-state index contributed by atoms with van der Waals surface area (Å²) in [5.41, 5.74) is 5.10. The minimum atomic E-state index is -0.902. The summed E-state index contributed by atoms with van der Waals surface area (Å²) in [4.78, 5) is 31.0. The molecule has 2 aromatic rings. The summed E-state index contributed by atoms with van der Waals surface area (Å²) in [5, 5.41) is 8.59. The molecule has 2 rings (SSSR count). The maximum absolute atomic E-state index is 11.6. The number of carboxylic acid groups (broad SMARTS) is 1. The van der Waals surface area contributed by atoms with Gasteiger partial charge < -0.3 is 20.2 Å². The van der Waals surface area contributed by atoms with Crippen molar-refractivity contribution in [2.24, 2.45) is 4.99 Å². The molecule has 0 aliphatic heterocycles. The first-order valence-electron chi connectivity index (χ1n) is 5.92. The Bertz CT molecular complexity index is 802. The first-order chi connectivity index (χ1) is 9.95. The van der Waals surface area contributed by atoms with Gasteiger partial charge in [-0.05, 0) is 24.4 Å². The molecule has 0 amide bonds. The van der Waals surface area contributed by atoms with Crippen LogP contribution in [0.2, 0.25) is 0 Å². The number of aromatic nitrogens is 2. The van der Waals surface area contributed by atoms with Crippen molar-refractivity contribution in [3.05, 3.63) is 38.8 Å². The highest BCUT2D eigenvalue weighted by molar-refractivity contribution is 7.71. The molecule has 0 unspecified atom stereocenters. The Balaban J connectivity index is 2.17. The molecule has 0 spiro atoms. The van der Waals surface area contributed by atoms with Gasteiger partial charge in [0.05, 0.1) is 12.6 Å². The van der Waals surface area contributed by atoms with Gasteiger partial charge >= 0.3 is 5.97 Å². The Labute approximate surface area is 123 Å². The van der Waals surface area contributed by atoms with E-state index in [0.717, 1.165) is 0 Å². The summed E-state index contributed by atoms with van der Waals surface area (Å²) in [6.07, 6.45) is 1.58. The average molecular weight is 308 g/mol. The third-order valence-corrected chi connectivity index (χ3v) is 2.74. The number of anilines is 1. The van der Waals surface area contributed by atoms with Crippen molar-refractivity contribution < 1.29 is 14.3 Å². The third-order valence-electron chi connectivity index (χ3n) is 2.53. The molecule has 0 aliphatic rings. The first kappa shape index (κ1) is 14.7. The number of nitrogens with zero attached hydrogens (tertiary/aromatic N) is 1. The fourth-order valence-electron chi connectivity index (χ4n) is 1.58. The number of rotatable bonds is 5. The standard InChI is InChI=1S/C12H12N4O4S/c13-10-9(11(19)16-12(21)15-10)14-5-7-2-1-6(20-7)3-4-8(17)18/h1-2,5H,3-4H2,(H,17,18)(H4,13,15,16,19,21). The van der Waals surface area contributed by atoms with Crippen molar-refractivity contribution in [2.45, 2.75) is 12.8 Å². The second-order valence-corrected chi connectivity index (χ2v) is 4.53. The average Bonchev–Trinajstić information content (AvgIpc) is 2.83. The zero-order valence-electron chi connectivity index (χ0n) is 10.8. The SMILES string of the molecule is Nc1[nH]c(=S)[nH]c(=O)c1N=Cc1ccc(CCC(=O)O)o1. The van der Waals surface area contributed by atoms with E-state index in [1.807, 2.05) is 0 Å². The lowest BCUT2D eigenvalue weighted by molar-refractivity contribution is -0.137. The van der Waals surface area contributed by atoms with Gasteiger partial charge in [-0.1, -0.05) is 0 Å². The fraction of sp³-hybridized carbons (Fsp3) is 0.167. The van der Waals surface area contributed by atoms with Gasteiger partial charge in [0, 0.05) is 6.42 Å². The lowest BCUT2D eigenvalue weighted by Crippen LogP contribution is -2.10. The summed E-state index contributed by atoms with van der Waals surface area (Å²) < 4.78 is 5.48. The summed E-state index contributed by atoms with van der Waals surface area (Å²) >= 11 is 4.77. The molecule has 9 heteroatoms. The Hall–Kier alpha value is -2.68. The van der Waals surface area contributed by atoms with Gasteiger partial charge in [-0.15, -0.1) is 0 Å². The van der Waals surface area contributed by atoms with E-state index in [1.165, 1.54) is 6.21 Å².